The van der Waals surface area contributed by atoms with Gasteiger partial charge in [-0.25, -0.2) is 4.98 Å². The molecule has 172 valence electrons. The molecular formula is C25H29N5O2S. The summed E-state index contributed by atoms with van der Waals surface area (Å²) in [5.74, 6) is 0.811. The SMILES string of the molecule is CCn1nc(C)cc1C(=O)NC[C@@H]1[C@H]2C[C@H]2CN1C(=O)c1nc(C)sc1-c1ccc(C)cc1. The molecule has 1 N–H and O–H groups in total. The number of nitrogens with one attached hydrogen (secondary N) is 1. The smallest absolute Gasteiger partial charge is 0.274 e. The molecule has 1 saturated carbocycles. The van der Waals surface area contributed by atoms with Gasteiger partial charge in [-0.1, -0.05) is 29.8 Å². The Bertz CT molecular complexity index is 1210. The molecule has 2 aromatic heterocycles. The second kappa shape index (κ2) is 8.41. The van der Waals surface area contributed by atoms with Crippen molar-refractivity contribution in [3.05, 3.63) is 58.0 Å². The Labute approximate surface area is 197 Å². The van der Waals surface area contributed by atoms with Crippen LogP contribution in [-0.4, -0.2) is 50.6 Å². The van der Waals surface area contributed by atoms with E-state index in [2.05, 4.69) is 46.6 Å². The zero-order valence-corrected chi connectivity index (χ0v) is 20.3. The van der Waals surface area contributed by atoms with E-state index in [1.54, 1.807) is 16.0 Å². The molecule has 2 aliphatic rings. The third-order valence-corrected chi connectivity index (χ3v) is 7.74. The van der Waals surface area contributed by atoms with Crippen LogP contribution in [0.25, 0.3) is 10.4 Å². The van der Waals surface area contributed by atoms with E-state index < -0.39 is 0 Å². The number of carbonyl (C=O) groups is 2. The number of amides is 2. The van der Waals surface area contributed by atoms with Gasteiger partial charge < -0.3 is 10.2 Å². The first-order chi connectivity index (χ1) is 15.9. The molecule has 3 atom stereocenters. The summed E-state index contributed by atoms with van der Waals surface area (Å²) < 4.78 is 1.72. The minimum atomic E-state index is -0.140. The van der Waals surface area contributed by atoms with Gasteiger partial charge in [-0.15, -0.1) is 11.3 Å². The van der Waals surface area contributed by atoms with Crippen molar-refractivity contribution in [2.24, 2.45) is 11.8 Å². The minimum absolute atomic E-state index is 0.00146. The molecule has 1 aliphatic heterocycles. The zero-order valence-electron chi connectivity index (χ0n) is 19.5. The number of benzene rings is 1. The highest BCUT2D eigenvalue weighted by Gasteiger charge is 2.54. The first-order valence-corrected chi connectivity index (χ1v) is 12.4. The van der Waals surface area contributed by atoms with Crippen molar-refractivity contribution in [3.63, 3.8) is 0 Å². The molecular weight excluding hydrogens is 434 g/mol. The summed E-state index contributed by atoms with van der Waals surface area (Å²) in [7, 11) is 0. The lowest BCUT2D eigenvalue weighted by atomic mass is 10.1. The molecule has 2 fully saturated rings. The summed E-state index contributed by atoms with van der Waals surface area (Å²) in [5.41, 5.74) is 4.12. The summed E-state index contributed by atoms with van der Waals surface area (Å²) >= 11 is 1.56. The Balaban J connectivity index is 1.35. The fourth-order valence-corrected chi connectivity index (χ4v) is 5.85. The predicted octanol–water partition coefficient (Wildman–Crippen LogP) is 3.84. The molecule has 3 heterocycles. The molecule has 5 rings (SSSR count). The molecule has 1 aliphatic carbocycles. The summed E-state index contributed by atoms with van der Waals surface area (Å²) in [6.45, 7) is 9.67. The summed E-state index contributed by atoms with van der Waals surface area (Å²) in [5, 5.41) is 8.32. The molecule has 0 spiro atoms. The monoisotopic (exact) mass is 463 g/mol. The predicted molar refractivity (Wildman–Crippen MR) is 128 cm³/mol. The Kier molecular flexibility index (Phi) is 5.56. The molecule has 7 nitrogen and oxygen atoms in total. The van der Waals surface area contributed by atoms with Crippen molar-refractivity contribution >= 4 is 23.2 Å². The third kappa shape index (κ3) is 4.08. The molecule has 0 bridgehead atoms. The summed E-state index contributed by atoms with van der Waals surface area (Å²) in [6, 6.07) is 10.0. The number of hydrogen-bond donors (Lipinski definition) is 1. The maximum atomic E-state index is 13.7. The fraction of sp³-hybridized carbons (Fsp3) is 0.440. The first kappa shape index (κ1) is 21.8. The second-order valence-corrected chi connectivity index (χ2v) is 10.4. The van der Waals surface area contributed by atoms with Gasteiger partial charge in [0.15, 0.2) is 0 Å². The number of rotatable bonds is 6. The van der Waals surface area contributed by atoms with Crippen molar-refractivity contribution in [1.29, 1.82) is 0 Å². The maximum Gasteiger partial charge on any atom is 0.274 e. The summed E-state index contributed by atoms with van der Waals surface area (Å²) in [4.78, 5) is 34.0. The van der Waals surface area contributed by atoms with E-state index in [1.165, 1.54) is 5.56 Å². The van der Waals surface area contributed by atoms with E-state index in [0.29, 0.717) is 36.3 Å². The van der Waals surface area contributed by atoms with E-state index >= 15 is 0 Å². The fourth-order valence-electron chi connectivity index (χ4n) is 4.93. The van der Waals surface area contributed by atoms with Crippen molar-refractivity contribution in [1.82, 2.24) is 25.0 Å². The molecule has 3 aromatic rings. The average molecular weight is 464 g/mol. The van der Waals surface area contributed by atoms with Crippen LogP contribution in [0.1, 0.15) is 50.6 Å². The lowest BCUT2D eigenvalue weighted by molar-refractivity contribution is 0.0690. The third-order valence-electron chi connectivity index (χ3n) is 6.72. The van der Waals surface area contributed by atoms with Gasteiger partial charge in [0.1, 0.15) is 11.4 Å². The van der Waals surface area contributed by atoms with E-state index in [1.807, 2.05) is 31.7 Å². The van der Waals surface area contributed by atoms with Gasteiger partial charge in [0.25, 0.3) is 11.8 Å². The van der Waals surface area contributed by atoms with Crippen LogP contribution < -0.4 is 5.32 Å². The van der Waals surface area contributed by atoms with Gasteiger partial charge in [0, 0.05) is 19.6 Å². The maximum absolute atomic E-state index is 13.7. The molecule has 8 heteroatoms. The number of thiazole rings is 1. The minimum Gasteiger partial charge on any atom is -0.349 e. The van der Waals surface area contributed by atoms with Crippen LogP contribution in [0.2, 0.25) is 0 Å². The number of likely N-dealkylation sites (tertiary alicyclic amines) is 1. The number of nitrogens with zero attached hydrogens (tertiary/aromatic N) is 4. The quantitative estimate of drug-likeness (QED) is 0.602. The van der Waals surface area contributed by atoms with E-state index in [4.69, 9.17) is 0 Å². The summed E-state index contributed by atoms with van der Waals surface area (Å²) in [6.07, 6.45) is 1.12. The number of carbonyl (C=O) groups excluding carboxylic acids is 2. The van der Waals surface area contributed by atoms with Crippen molar-refractivity contribution < 1.29 is 9.59 Å². The number of aromatic nitrogens is 3. The van der Waals surface area contributed by atoms with Crippen LogP contribution in [0, 0.1) is 32.6 Å². The Morgan fingerprint density at radius 3 is 2.67 bits per heavy atom. The van der Waals surface area contributed by atoms with Crippen molar-refractivity contribution in [2.45, 2.75) is 46.7 Å². The highest BCUT2D eigenvalue weighted by atomic mass is 32.1. The van der Waals surface area contributed by atoms with Crippen LogP contribution in [0.15, 0.2) is 30.3 Å². The second-order valence-electron chi connectivity index (χ2n) is 9.16. The number of fused-ring (bicyclic) bond motifs is 1. The molecule has 0 unspecified atom stereocenters. The Hall–Kier alpha value is -3.00. The number of piperidine rings is 1. The average Bonchev–Trinajstić information content (AvgIpc) is 3.12. The van der Waals surface area contributed by atoms with Crippen LogP contribution in [0.4, 0.5) is 0 Å². The molecule has 0 radical (unpaired) electrons. The van der Waals surface area contributed by atoms with Gasteiger partial charge in [0.05, 0.1) is 21.6 Å². The first-order valence-electron chi connectivity index (χ1n) is 11.5. The Morgan fingerprint density at radius 2 is 1.94 bits per heavy atom. The van der Waals surface area contributed by atoms with Crippen LogP contribution in [0.5, 0.6) is 0 Å². The molecule has 1 aromatic carbocycles. The highest BCUT2D eigenvalue weighted by Crippen LogP contribution is 2.50. The van der Waals surface area contributed by atoms with Crippen LogP contribution in [0.3, 0.4) is 0 Å². The van der Waals surface area contributed by atoms with Gasteiger partial charge in [-0.3, -0.25) is 14.3 Å². The molecule has 33 heavy (non-hydrogen) atoms. The van der Waals surface area contributed by atoms with Gasteiger partial charge in [0.2, 0.25) is 0 Å². The van der Waals surface area contributed by atoms with E-state index in [9.17, 15) is 9.59 Å². The number of aryl methyl sites for hydroxylation is 4. The highest BCUT2D eigenvalue weighted by molar-refractivity contribution is 7.15. The standard InChI is InChI=1S/C25H29N5O2S/c1-5-30-20(10-15(3)28-30)24(31)26-12-21-19-11-18(19)13-29(21)25(32)22-23(33-16(4)27-22)17-8-6-14(2)7-9-17/h6-10,18-19,21H,5,11-13H2,1-4H3,(H,26,31)/t18-,19-,21+/m0/s1. The van der Waals surface area contributed by atoms with Crippen molar-refractivity contribution in [2.75, 3.05) is 13.1 Å². The zero-order chi connectivity index (χ0) is 23.3. The topological polar surface area (TPSA) is 80.1 Å². The van der Waals surface area contributed by atoms with Gasteiger partial charge >= 0.3 is 0 Å². The van der Waals surface area contributed by atoms with Gasteiger partial charge in [-0.2, -0.15) is 5.10 Å². The van der Waals surface area contributed by atoms with E-state index in [0.717, 1.165) is 34.1 Å². The molecule has 1 saturated heterocycles. The van der Waals surface area contributed by atoms with Crippen molar-refractivity contribution in [3.8, 4) is 10.4 Å². The lowest BCUT2D eigenvalue weighted by Gasteiger charge is -2.27. The van der Waals surface area contributed by atoms with E-state index in [-0.39, 0.29) is 17.9 Å². The normalized spacial score (nSPS) is 21.2. The number of hydrogen-bond acceptors (Lipinski definition) is 5. The molecule has 2 amide bonds. The Morgan fingerprint density at radius 1 is 1.18 bits per heavy atom. The van der Waals surface area contributed by atoms with Crippen LogP contribution >= 0.6 is 11.3 Å². The lowest BCUT2D eigenvalue weighted by Crippen LogP contribution is -2.46. The van der Waals surface area contributed by atoms with Gasteiger partial charge in [-0.05, 0) is 57.6 Å². The van der Waals surface area contributed by atoms with Crippen LogP contribution in [-0.2, 0) is 6.54 Å². The largest absolute Gasteiger partial charge is 0.349 e.